The van der Waals surface area contributed by atoms with Crippen molar-refractivity contribution in [3.05, 3.63) is 38.5 Å². The topological polar surface area (TPSA) is 62.7 Å². The van der Waals surface area contributed by atoms with E-state index in [0.717, 1.165) is 29.1 Å². The van der Waals surface area contributed by atoms with Gasteiger partial charge in [0.05, 0.1) is 29.6 Å². The van der Waals surface area contributed by atoms with Crippen LogP contribution in [0.15, 0.2) is 23.0 Å². The maximum absolute atomic E-state index is 12.7. The van der Waals surface area contributed by atoms with Gasteiger partial charge in [-0.3, -0.25) is 9.59 Å². The Morgan fingerprint density at radius 3 is 2.76 bits per heavy atom. The molecule has 2 saturated heterocycles. The minimum Gasteiger partial charge on any atom is -0.378 e. The predicted molar refractivity (Wildman–Crippen MR) is 96.2 cm³/mol. The Balaban J connectivity index is 1.50. The molecular weight excluding hydrogens is 358 g/mol. The molecule has 0 saturated carbocycles. The average Bonchev–Trinajstić information content (AvgIpc) is 3.42. The minimum atomic E-state index is -0.0156. The van der Waals surface area contributed by atoms with Crippen molar-refractivity contribution in [1.29, 1.82) is 0 Å². The van der Waals surface area contributed by atoms with E-state index in [1.165, 1.54) is 22.7 Å². The van der Waals surface area contributed by atoms with E-state index >= 15 is 0 Å². The molecule has 0 bridgehead atoms. The van der Waals surface area contributed by atoms with E-state index in [1.807, 2.05) is 21.9 Å². The number of morpholine rings is 1. The largest absolute Gasteiger partial charge is 0.378 e. The van der Waals surface area contributed by atoms with Crippen LogP contribution >= 0.6 is 22.7 Å². The van der Waals surface area contributed by atoms with Crippen molar-refractivity contribution >= 4 is 34.5 Å². The quantitative estimate of drug-likeness (QED) is 0.825. The number of carbonyl (C=O) groups excluding carboxylic acids is 2. The Morgan fingerprint density at radius 1 is 1.16 bits per heavy atom. The molecule has 0 aromatic carbocycles. The fourth-order valence-corrected chi connectivity index (χ4v) is 4.99. The molecule has 0 aliphatic carbocycles. The smallest absolute Gasteiger partial charge is 0.273 e. The van der Waals surface area contributed by atoms with Gasteiger partial charge in [0.2, 0.25) is 0 Å². The van der Waals surface area contributed by atoms with E-state index in [1.54, 1.807) is 10.9 Å². The summed E-state index contributed by atoms with van der Waals surface area (Å²) in [6, 6.07) is 3.93. The summed E-state index contributed by atoms with van der Waals surface area (Å²) in [5.41, 5.74) is 2.20. The van der Waals surface area contributed by atoms with Crippen LogP contribution < -0.4 is 0 Å². The molecule has 2 fully saturated rings. The van der Waals surface area contributed by atoms with Crippen molar-refractivity contribution < 1.29 is 14.3 Å². The first kappa shape index (κ1) is 16.7. The number of aromatic nitrogens is 1. The Kier molecular flexibility index (Phi) is 4.82. The zero-order valence-electron chi connectivity index (χ0n) is 13.7. The van der Waals surface area contributed by atoms with Gasteiger partial charge in [-0.25, -0.2) is 4.98 Å². The second kappa shape index (κ2) is 7.23. The molecule has 0 radical (unpaired) electrons. The van der Waals surface area contributed by atoms with E-state index in [2.05, 4.69) is 4.98 Å². The zero-order chi connectivity index (χ0) is 17.2. The summed E-state index contributed by atoms with van der Waals surface area (Å²) < 4.78 is 5.31. The molecule has 25 heavy (non-hydrogen) atoms. The van der Waals surface area contributed by atoms with Crippen LogP contribution in [0.5, 0.6) is 0 Å². The molecule has 0 spiro atoms. The second-order valence-electron chi connectivity index (χ2n) is 6.14. The summed E-state index contributed by atoms with van der Waals surface area (Å²) in [4.78, 5) is 35.0. The molecule has 132 valence electrons. The third kappa shape index (κ3) is 3.33. The van der Waals surface area contributed by atoms with Crippen LogP contribution in [0.4, 0.5) is 0 Å². The van der Waals surface area contributed by atoms with E-state index in [0.29, 0.717) is 32.0 Å². The van der Waals surface area contributed by atoms with E-state index in [-0.39, 0.29) is 17.9 Å². The van der Waals surface area contributed by atoms with Crippen molar-refractivity contribution in [2.75, 3.05) is 32.8 Å². The number of carbonyl (C=O) groups is 2. The first-order valence-electron chi connectivity index (χ1n) is 8.40. The molecule has 2 aliphatic rings. The van der Waals surface area contributed by atoms with Crippen molar-refractivity contribution in [2.45, 2.75) is 18.9 Å². The number of amides is 2. The van der Waals surface area contributed by atoms with Crippen LogP contribution in [0.3, 0.4) is 0 Å². The number of thiazole rings is 1. The van der Waals surface area contributed by atoms with Gasteiger partial charge in [0.25, 0.3) is 11.8 Å². The summed E-state index contributed by atoms with van der Waals surface area (Å²) in [7, 11) is 0. The highest BCUT2D eigenvalue weighted by Crippen LogP contribution is 2.37. The van der Waals surface area contributed by atoms with Gasteiger partial charge in [0.1, 0.15) is 5.69 Å². The van der Waals surface area contributed by atoms with Gasteiger partial charge in [-0.2, -0.15) is 0 Å². The van der Waals surface area contributed by atoms with Gasteiger partial charge < -0.3 is 14.5 Å². The number of hydrogen-bond donors (Lipinski definition) is 0. The molecule has 1 atom stereocenters. The van der Waals surface area contributed by atoms with Crippen LogP contribution in [0.1, 0.15) is 43.9 Å². The third-order valence-electron chi connectivity index (χ3n) is 4.63. The zero-order valence-corrected chi connectivity index (χ0v) is 15.4. The summed E-state index contributed by atoms with van der Waals surface area (Å²) in [6.07, 6.45) is 1.91. The van der Waals surface area contributed by atoms with Gasteiger partial charge in [-0.05, 0) is 25.0 Å². The molecule has 2 aliphatic heterocycles. The Hall–Kier alpha value is -1.77. The van der Waals surface area contributed by atoms with Gasteiger partial charge in [-0.15, -0.1) is 22.7 Å². The van der Waals surface area contributed by atoms with Crippen molar-refractivity contribution in [3.8, 4) is 0 Å². The molecule has 8 heteroatoms. The molecule has 2 amide bonds. The fraction of sp³-hybridized carbons (Fsp3) is 0.471. The summed E-state index contributed by atoms with van der Waals surface area (Å²) >= 11 is 2.94. The SMILES string of the molecule is O=C(c1ccc(C2CCCN2C(=O)c2cscn2)s1)N1CCOCC1. The van der Waals surface area contributed by atoms with Crippen LogP contribution in [-0.4, -0.2) is 59.4 Å². The molecule has 1 unspecified atom stereocenters. The lowest BCUT2D eigenvalue weighted by Crippen LogP contribution is -2.40. The van der Waals surface area contributed by atoms with E-state index < -0.39 is 0 Å². The lowest BCUT2D eigenvalue weighted by atomic mass is 10.2. The van der Waals surface area contributed by atoms with Crippen molar-refractivity contribution in [3.63, 3.8) is 0 Å². The predicted octanol–water partition coefficient (Wildman–Crippen LogP) is 2.65. The first-order valence-corrected chi connectivity index (χ1v) is 10.2. The van der Waals surface area contributed by atoms with E-state index in [4.69, 9.17) is 4.74 Å². The molecule has 4 rings (SSSR count). The molecule has 2 aromatic rings. The Bertz CT molecular complexity index is 753. The average molecular weight is 377 g/mol. The number of hydrogen-bond acceptors (Lipinski definition) is 6. The van der Waals surface area contributed by atoms with Crippen LogP contribution in [0.25, 0.3) is 0 Å². The monoisotopic (exact) mass is 377 g/mol. The molecule has 2 aromatic heterocycles. The fourth-order valence-electron chi connectivity index (χ4n) is 3.34. The minimum absolute atomic E-state index is 0.0156. The molecule has 0 N–H and O–H groups in total. The van der Waals surface area contributed by atoms with Crippen molar-refractivity contribution in [1.82, 2.24) is 14.8 Å². The maximum Gasteiger partial charge on any atom is 0.273 e. The lowest BCUT2D eigenvalue weighted by molar-refractivity contribution is 0.0306. The highest BCUT2D eigenvalue weighted by Gasteiger charge is 2.33. The number of ether oxygens (including phenoxy) is 1. The Morgan fingerprint density at radius 2 is 2.00 bits per heavy atom. The number of rotatable bonds is 3. The van der Waals surface area contributed by atoms with E-state index in [9.17, 15) is 9.59 Å². The van der Waals surface area contributed by atoms with Crippen LogP contribution in [-0.2, 0) is 4.74 Å². The number of thiophene rings is 1. The standard InChI is InChI=1S/C17H19N3O3S2/c21-16(12-10-24-11-18-12)20-5-1-2-13(20)14-3-4-15(25-14)17(22)19-6-8-23-9-7-19/h3-4,10-11,13H,1-2,5-9H2. The lowest BCUT2D eigenvalue weighted by Gasteiger charge is -2.26. The van der Waals surface area contributed by atoms with Gasteiger partial charge >= 0.3 is 0 Å². The maximum atomic E-state index is 12.7. The number of likely N-dealkylation sites (tertiary alicyclic amines) is 1. The third-order valence-corrected chi connectivity index (χ3v) is 6.39. The van der Waals surface area contributed by atoms with Gasteiger partial charge in [0, 0.05) is 29.9 Å². The van der Waals surface area contributed by atoms with Gasteiger partial charge in [-0.1, -0.05) is 0 Å². The van der Waals surface area contributed by atoms with Crippen LogP contribution in [0, 0.1) is 0 Å². The summed E-state index contributed by atoms with van der Waals surface area (Å²) in [6.45, 7) is 3.23. The highest BCUT2D eigenvalue weighted by atomic mass is 32.1. The summed E-state index contributed by atoms with van der Waals surface area (Å²) in [5.74, 6) is 0.0492. The highest BCUT2D eigenvalue weighted by molar-refractivity contribution is 7.14. The summed E-state index contributed by atoms with van der Waals surface area (Å²) in [5, 5.41) is 1.79. The van der Waals surface area contributed by atoms with Gasteiger partial charge in [0.15, 0.2) is 0 Å². The second-order valence-corrected chi connectivity index (χ2v) is 7.97. The molecule has 6 nitrogen and oxygen atoms in total. The normalized spacial score (nSPS) is 20.9. The number of nitrogens with zero attached hydrogens (tertiary/aromatic N) is 3. The Labute approximate surface area is 154 Å². The van der Waals surface area contributed by atoms with Crippen LogP contribution in [0.2, 0.25) is 0 Å². The molecular formula is C17H19N3O3S2. The first-order chi connectivity index (χ1) is 12.2. The molecule has 4 heterocycles. The van der Waals surface area contributed by atoms with Crippen molar-refractivity contribution in [2.24, 2.45) is 0 Å².